The first-order chi connectivity index (χ1) is 14.1. The molecule has 27 heavy (non-hydrogen) atoms. The van der Waals surface area contributed by atoms with Crippen LogP contribution in [0.2, 0.25) is 0 Å². The maximum absolute atomic E-state index is 12.3. The Morgan fingerprint density at radius 1 is 1.26 bits per heavy atom. The van der Waals surface area contributed by atoms with E-state index in [0.29, 0.717) is 31.9 Å². The molecule has 3 saturated heterocycles. The number of rotatable bonds is 3. The highest BCUT2D eigenvalue weighted by Gasteiger charge is 2.56. The SMILES string of the molecule is [2H]C([2H])([2H])N1C(=O)OC2(CCN(C3CC4(CCN(C(=O)OCC)C4)C3)CC2)C1CC. The van der Waals surface area contributed by atoms with Crippen LogP contribution >= 0.6 is 0 Å². The van der Waals surface area contributed by atoms with Crippen LogP contribution in [-0.4, -0.2) is 84.3 Å². The molecular weight excluding hydrogens is 346 g/mol. The monoisotopic (exact) mass is 382 g/mol. The molecule has 2 spiro atoms. The van der Waals surface area contributed by atoms with E-state index in [4.69, 9.17) is 13.6 Å². The molecule has 0 aromatic carbocycles. The Bertz CT molecular complexity index is 687. The minimum absolute atomic E-state index is 0.204. The molecule has 1 aliphatic carbocycles. The lowest BCUT2D eigenvalue weighted by Gasteiger charge is -2.53. The van der Waals surface area contributed by atoms with Crippen LogP contribution < -0.4 is 0 Å². The summed E-state index contributed by atoms with van der Waals surface area (Å²) in [6.07, 6.45) is 4.18. The number of likely N-dealkylation sites (N-methyl/N-ethyl adjacent to an activating group) is 1. The van der Waals surface area contributed by atoms with Crippen LogP contribution in [0.3, 0.4) is 0 Å². The van der Waals surface area contributed by atoms with Crippen LogP contribution in [-0.2, 0) is 9.47 Å². The Hall–Kier alpha value is -1.50. The third-order valence-corrected chi connectivity index (χ3v) is 7.26. The number of piperidine rings is 1. The predicted molar refractivity (Wildman–Crippen MR) is 101 cm³/mol. The van der Waals surface area contributed by atoms with Crippen LogP contribution in [0, 0.1) is 5.41 Å². The lowest BCUT2D eigenvalue weighted by Crippen LogP contribution is -2.58. The van der Waals surface area contributed by atoms with E-state index < -0.39 is 24.7 Å². The highest BCUT2D eigenvalue weighted by Crippen LogP contribution is 2.51. The van der Waals surface area contributed by atoms with Gasteiger partial charge in [0.1, 0.15) is 5.60 Å². The Labute approximate surface area is 166 Å². The van der Waals surface area contributed by atoms with E-state index in [9.17, 15) is 9.59 Å². The average Bonchev–Trinajstić information content (AvgIpc) is 3.21. The topological polar surface area (TPSA) is 62.3 Å². The molecule has 0 N–H and O–H groups in total. The Morgan fingerprint density at radius 2 is 2.00 bits per heavy atom. The molecule has 1 atom stereocenters. The van der Waals surface area contributed by atoms with Gasteiger partial charge in [0.25, 0.3) is 0 Å². The Kier molecular flexibility index (Phi) is 3.90. The van der Waals surface area contributed by atoms with Crippen molar-refractivity contribution in [3.05, 3.63) is 0 Å². The number of nitrogens with zero attached hydrogens (tertiary/aromatic N) is 3. The second kappa shape index (κ2) is 6.83. The van der Waals surface area contributed by atoms with Crippen molar-refractivity contribution in [2.45, 2.75) is 70.1 Å². The molecule has 4 rings (SSSR count). The number of carbonyl (C=O) groups excluding carboxylic acids is 2. The molecule has 0 aromatic heterocycles. The molecule has 0 bridgehead atoms. The largest absolute Gasteiger partial charge is 0.450 e. The van der Waals surface area contributed by atoms with Crippen LogP contribution in [0.5, 0.6) is 0 Å². The number of amides is 2. The van der Waals surface area contributed by atoms with E-state index in [1.54, 1.807) is 0 Å². The zero-order valence-electron chi connectivity index (χ0n) is 19.4. The van der Waals surface area contributed by atoms with Gasteiger partial charge in [0.05, 0.1) is 12.6 Å². The van der Waals surface area contributed by atoms with Crippen LogP contribution in [0.4, 0.5) is 9.59 Å². The molecule has 7 nitrogen and oxygen atoms in total. The zero-order valence-corrected chi connectivity index (χ0v) is 16.4. The highest BCUT2D eigenvalue weighted by atomic mass is 16.6. The maximum Gasteiger partial charge on any atom is 0.410 e. The number of likely N-dealkylation sites (tertiary alicyclic amines) is 2. The summed E-state index contributed by atoms with van der Waals surface area (Å²) in [6, 6.07) is 0.0840. The van der Waals surface area contributed by atoms with E-state index in [1.165, 1.54) is 0 Å². The fourth-order valence-corrected chi connectivity index (χ4v) is 5.75. The Morgan fingerprint density at radius 3 is 2.63 bits per heavy atom. The summed E-state index contributed by atoms with van der Waals surface area (Å²) >= 11 is 0. The van der Waals surface area contributed by atoms with E-state index in [1.807, 2.05) is 18.7 Å². The van der Waals surface area contributed by atoms with Gasteiger partial charge in [-0.1, -0.05) is 6.92 Å². The fraction of sp³-hybridized carbons (Fsp3) is 0.900. The number of hydrogen-bond acceptors (Lipinski definition) is 5. The van der Waals surface area contributed by atoms with Gasteiger partial charge in [0.2, 0.25) is 0 Å². The standard InChI is InChI=1S/C20H33N3O4/c1-4-16-20(27-17(24)21(16)3)7-10-22(11-8-20)15-12-19(13-15)6-9-23(14-19)18(25)26-5-2/h15-16H,4-14H2,1-3H3/i3D3. The third kappa shape index (κ3) is 3.08. The van der Waals surface area contributed by atoms with Crippen molar-refractivity contribution in [3.63, 3.8) is 0 Å². The van der Waals surface area contributed by atoms with Gasteiger partial charge < -0.3 is 24.2 Å². The van der Waals surface area contributed by atoms with Gasteiger partial charge >= 0.3 is 12.2 Å². The number of ether oxygens (including phenoxy) is 2. The van der Waals surface area contributed by atoms with Gasteiger partial charge in [-0.2, -0.15) is 0 Å². The molecule has 1 saturated carbocycles. The van der Waals surface area contributed by atoms with Crippen LogP contribution in [0.1, 0.15) is 56.5 Å². The molecule has 2 amide bonds. The summed E-state index contributed by atoms with van der Waals surface area (Å²) < 4.78 is 34.0. The number of carbonyl (C=O) groups is 2. The van der Waals surface area contributed by atoms with E-state index in [2.05, 4.69) is 4.90 Å². The predicted octanol–water partition coefficient (Wildman–Crippen LogP) is 2.69. The molecule has 7 heteroatoms. The summed E-state index contributed by atoms with van der Waals surface area (Å²) in [4.78, 5) is 29.6. The highest BCUT2D eigenvalue weighted by molar-refractivity contribution is 5.71. The lowest BCUT2D eigenvalue weighted by molar-refractivity contribution is -0.0631. The molecule has 0 radical (unpaired) electrons. The fourth-order valence-electron chi connectivity index (χ4n) is 5.75. The molecule has 152 valence electrons. The van der Waals surface area contributed by atoms with E-state index in [0.717, 1.165) is 50.3 Å². The second-order valence-electron chi connectivity index (χ2n) is 8.70. The van der Waals surface area contributed by atoms with Crippen molar-refractivity contribution in [3.8, 4) is 0 Å². The molecular formula is C20H33N3O4. The summed E-state index contributed by atoms with van der Waals surface area (Å²) in [5.74, 6) is 0. The molecule has 4 aliphatic rings. The quantitative estimate of drug-likeness (QED) is 0.751. The van der Waals surface area contributed by atoms with Crippen molar-refractivity contribution in [2.24, 2.45) is 5.41 Å². The molecule has 1 unspecified atom stereocenters. The van der Waals surface area contributed by atoms with Gasteiger partial charge in [-0.05, 0) is 38.0 Å². The van der Waals surface area contributed by atoms with Gasteiger partial charge in [0.15, 0.2) is 0 Å². The summed E-state index contributed by atoms with van der Waals surface area (Å²) in [6.45, 7) is 4.85. The summed E-state index contributed by atoms with van der Waals surface area (Å²) in [7, 11) is 0. The van der Waals surface area contributed by atoms with E-state index >= 15 is 0 Å². The average molecular weight is 383 g/mol. The van der Waals surface area contributed by atoms with Crippen molar-refractivity contribution >= 4 is 12.2 Å². The van der Waals surface area contributed by atoms with Gasteiger partial charge in [-0.3, -0.25) is 0 Å². The molecule has 0 aromatic rings. The lowest BCUT2D eigenvalue weighted by atomic mass is 9.64. The van der Waals surface area contributed by atoms with Crippen molar-refractivity contribution in [2.75, 3.05) is 39.8 Å². The van der Waals surface area contributed by atoms with Crippen molar-refractivity contribution < 1.29 is 23.2 Å². The van der Waals surface area contributed by atoms with Gasteiger partial charge in [-0.25, -0.2) is 9.59 Å². The van der Waals surface area contributed by atoms with Crippen molar-refractivity contribution in [1.29, 1.82) is 0 Å². The van der Waals surface area contributed by atoms with Gasteiger partial charge in [0, 0.05) is 56.2 Å². The van der Waals surface area contributed by atoms with Crippen molar-refractivity contribution in [1.82, 2.24) is 14.7 Å². The molecule has 3 heterocycles. The minimum Gasteiger partial charge on any atom is -0.450 e. The first kappa shape index (κ1) is 15.4. The second-order valence-corrected chi connectivity index (χ2v) is 8.70. The smallest absolute Gasteiger partial charge is 0.410 e. The molecule has 3 aliphatic heterocycles. The van der Waals surface area contributed by atoms with Crippen LogP contribution in [0.25, 0.3) is 0 Å². The normalized spacial score (nSPS) is 37.7. The first-order valence-corrected chi connectivity index (χ1v) is 10.3. The zero-order chi connectivity index (χ0) is 21.7. The van der Waals surface area contributed by atoms with Crippen LogP contribution in [0.15, 0.2) is 0 Å². The molecule has 4 fully saturated rings. The van der Waals surface area contributed by atoms with Gasteiger partial charge in [-0.15, -0.1) is 0 Å². The minimum atomic E-state index is -2.47. The summed E-state index contributed by atoms with van der Waals surface area (Å²) in [5.41, 5.74) is -0.470. The first-order valence-electron chi connectivity index (χ1n) is 11.8. The Balaban J connectivity index is 1.32. The summed E-state index contributed by atoms with van der Waals surface area (Å²) in [5, 5.41) is 0. The maximum atomic E-state index is 12.3. The number of hydrogen-bond donors (Lipinski definition) is 0. The van der Waals surface area contributed by atoms with E-state index in [-0.39, 0.29) is 11.5 Å². The third-order valence-electron chi connectivity index (χ3n) is 7.26.